The summed E-state index contributed by atoms with van der Waals surface area (Å²) in [4.78, 5) is 17.7. The normalized spacial score (nSPS) is 16.5. The molecule has 240 valence electrons. The molecule has 1 rings (SSSR count). The Morgan fingerprint density at radius 2 is 0.829 bits per heavy atom. The third-order valence-electron chi connectivity index (χ3n) is 9.39. The van der Waals surface area contributed by atoms with Crippen LogP contribution in [-0.2, 0) is 4.79 Å². The quantitative estimate of drug-likeness (QED) is 0.0599. The third kappa shape index (κ3) is 20.6. The topological polar surface area (TPSA) is 29.4 Å². The van der Waals surface area contributed by atoms with Crippen LogP contribution in [0, 0.1) is 0 Å². The van der Waals surface area contributed by atoms with E-state index in [-0.39, 0.29) is 0 Å². The number of unbranched alkanes of at least 4 members (excludes halogenated alkanes) is 27. The molecule has 1 atom stereocenters. The number of aliphatic imine (C=N–C) groups is 1. The number of carbonyl (C=O) groups excluding carboxylic acids is 1. The summed E-state index contributed by atoms with van der Waals surface area (Å²) in [7, 11) is 2.06. The van der Waals surface area contributed by atoms with E-state index in [1.165, 1.54) is 180 Å². The number of nitrogens with zero attached hydrogens (tertiary/aromatic N) is 2. The minimum atomic E-state index is 0.330. The second kappa shape index (κ2) is 27.8. The molecule has 0 N–H and O–H groups in total. The number of hydrogen-bond donors (Lipinski definition) is 0. The molecule has 0 spiro atoms. The van der Waals surface area contributed by atoms with Gasteiger partial charge < -0.3 is 0 Å². The fraction of sp³-hybridized carbons (Fsp3) is 0.895. The number of carbonyl (C=O) groups is 1. The number of hydrogen-bond acceptors (Lipinski definition) is 2. The predicted molar refractivity (Wildman–Crippen MR) is 182 cm³/mol. The van der Waals surface area contributed by atoms with Gasteiger partial charge >= 0.3 is 5.91 Å². The highest BCUT2D eigenvalue weighted by Gasteiger charge is 2.37. The first kappa shape index (κ1) is 38.1. The summed E-state index contributed by atoms with van der Waals surface area (Å²) in [5.74, 6) is 1.40. The van der Waals surface area contributed by atoms with E-state index in [2.05, 4.69) is 25.9 Å². The van der Waals surface area contributed by atoms with Crippen LogP contribution in [0.2, 0.25) is 0 Å². The largest absolute Gasteiger partial charge is 0.324 e. The number of quaternary nitrogens is 1. The highest BCUT2D eigenvalue weighted by atomic mass is 16.2. The molecule has 1 aliphatic rings. The highest BCUT2D eigenvalue weighted by molar-refractivity contribution is 5.90. The van der Waals surface area contributed by atoms with Crippen LogP contribution >= 0.6 is 0 Å². The fourth-order valence-corrected chi connectivity index (χ4v) is 6.34. The predicted octanol–water partition coefficient (Wildman–Crippen LogP) is 13.0. The van der Waals surface area contributed by atoms with E-state index in [0.29, 0.717) is 16.8 Å². The molecule has 0 bridgehead atoms. The van der Waals surface area contributed by atoms with E-state index in [9.17, 15) is 4.79 Å². The summed E-state index contributed by atoms with van der Waals surface area (Å²) < 4.78 is 0.330. The molecule has 0 fully saturated rings. The van der Waals surface area contributed by atoms with Crippen LogP contribution in [0.15, 0.2) is 17.4 Å². The van der Waals surface area contributed by atoms with Crippen molar-refractivity contribution >= 4 is 11.7 Å². The van der Waals surface area contributed by atoms with Gasteiger partial charge in [0.05, 0.1) is 19.7 Å². The Morgan fingerprint density at radius 1 is 0.512 bits per heavy atom. The molecule has 0 aromatic carbocycles. The van der Waals surface area contributed by atoms with Gasteiger partial charge in [-0.25, -0.2) is 9.79 Å². The Labute approximate surface area is 258 Å². The molecule has 0 aromatic heterocycles. The SMILES string of the molecule is CCCCCCCCCCCCCCCCCC1=NC=C[N+]1(C)C(=O)CCCCCCCCCCCCCCCC. The molecule has 3 nitrogen and oxygen atoms in total. The monoisotopic (exact) mass is 574 g/mol. The zero-order valence-corrected chi connectivity index (χ0v) is 28.4. The van der Waals surface area contributed by atoms with Gasteiger partial charge in [0.25, 0.3) is 0 Å². The average molecular weight is 574 g/mol. The van der Waals surface area contributed by atoms with E-state index >= 15 is 0 Å². The van der Waals surface area contributed by atoms with Gasteiger partial charge in [0.1, 0.15) is 6.20 Å². The Balaban J connectivity index is 1.95. The van der Waals surface area contributed by atoms with Crippen molar-refractivity contribution < 1.29 is 9.28 Å². The van der Waals surface area contributed by atoms with E-state index in [1.807, 2.05) is 12.4 Å². The Morgan fingerprint density at radius 3 is 1.20 bits per heavy atom. The van der Waals surface area contributed by atoms with Gasteiger partial charge in [-0.05, 0) is 12.8 Å². The molecular weight excluding hydrogens is 500 g/mol. The van der Waals surface area contributed by atoms with Crippen molar-refractivity contribution in [3.8, 4) is 0 Å². The van der Waals surface area contributed by atoms with Crippen molar-refractivity contribution in [2.45, 2.75) is 213 Å². The van der Waals surface area contributed by atoms with Crippen LogP contribution in [0.1, 0.15) is 213 Å². The smallest absolute Gasteiger partial charge is 0.230 e. The lowest BCUT2D eigenvalue weighted by Crippen LogP contribution is -2.47. The number of amides is 1. The molecule has 0 saturated carbocycles. The van der Waals surface area contributed by atoms with Crippen molar-refractivity contribution in [1.82, 2.24) is 0 Å². The van der Waals surface area contributed by atoms with E-state index in [0.717, 1.165) is 18.7 Å². The lowest BCUT2D eigenvalue weighted by atomic mass is 10.0. The molecule has 1 amide bonds. The van der Waals surface area contributed by atoms with Crippen molar-refractivity contribution in [3.63, 3.8) is 0 Å². The van der Waals surface area contributed by atoms with E-state index < -0.39 is 0 Å². The maximum atomic E-state index is 13.1. The molecule has 0 radical (unpaired) electrons. The van der Waals surface area contributed by atoms with Crippen LogP contribution in [0.25, 0.3) is 0 Å². The number of amidine groups is 1. The van der Waals surface area contributed by atoms with Gasteiger partial charge in [0.2, 0.25) is 5.84 Å². The highest BCUT2D eigenvalue weighted by Crippen LogP contribution is 2.22. The standard InChI is InChI=1S/C38H73N2O/c1-4-6-8-10-12-14-16-18-20-21-23-25-27-29-31-33-37-39-35-36-40(37,3)38(41)34-32-30-28-26-24-22-19-17-15-13-11-9-7-5-2/h35-36H,4-34H2,1-3H3/q+1. The van der Waals surface area contributed by atoms with Gasteiger partial charge in [0, 0.05) is 6.42 Å². The molecular formula is C38H73N2O+. The zero-order valence-electron chi connectivity index (χ0n) is 28.4. The summed E-state index contributed by atoms with van der Waals surface area (Å²) in [6, 6.07) is 0. The minimum absolute atomic E-state index is 0.330. The average Bonchev–Trinajstić information content (AvgIpc) is 3.36. The molecule has 0 aromatic rings. The van der Waals surface area contributed by atoms with Gasteiger partial charge in [-0.2, -0.15) is 4.48 Å². The Kier molecular flexibility index (Phi) is 25.9. The second-order valence-corrected chi connectivity index (χ2v) is 13.4. The molecule has 41 heavy (non-hydrogen) atoms. The Bertz CT molecular complexity index is 655. The zero-order chi connectivity index (χ0) is 29.7. The molecule has 1 heterocycles. The van der Waals surface area contributed by atoms with Crippen LogP contribution in [0.4, 0.5) is 0 Å². The second-order valence-electron chi connectivity index (χ2n) is 13.4. The summed E-state index contributed by atoms with van der Waals surface area (Å²) >= 11 is 0. The molecule has 1 aliphatic heterocycles. The lowest BCUT2D eigenvalue weighted by Gasteiger charge is -2.25. The van der Waals surface area contributed by atoms with E-state index in [4.69, 9.17) is 0 Å². The summed E-state index contributed by atoms with van der Waals surface area (Å²) in [6.07, 6.45) is 45.3. The van der Waals surface area contributed by atoms with Crippen LogP contribution in [0.5, 0.6) is 0 Å². The first-order valence-electron chi connectivity index (χ1n) is 18.8. The van der Waals surface area contributed by atoms with Crippen molar-refractivity contribution in [2.75, 3.05) is 7.05 Å². The maximum absolute atomic E-state index is 13.1. The third-order valence-corrected chi connectivity index (χ3v) is 9.39. The van der Waals surface area contributed by atoms with Crippen LogP contribution < -0.4 is 0 Å². The summed E-state index contributed by atoms with van der Waals surface area (Å²) in [5.41, 5.74) is 0. The lowest BCUT2D eigenvalue weighted by molar-refractivity contribution is -0.683. The van der Waals surface area contributed by atoms with E-state index in [1.54, 1.807) is 0 Å². The van der Waals surface area contributed by atoms with Crippen molar-refractivity contribution in [2.24, 2.45) is 4.99 Å². The van der Waals surface area contributed by atoms with Gasteiger partial charge in [-0.15, -0.1) is 0 Å². The van der Waals surface area contributed by atoms with Crippen molar-refractivity contribution in [1.29, 1.82) is 0 Å². The fourth-order valence-electron chi connectivity index (χ4n) is 6.34. The van der Waals surface area contributed by atoms with Crippen LogP contribution in [0.3, 0.4) is 0 Å². The molecule has 0 aliphatic carbocycles. The maximum Gasteiger partial charge on any atom is 0.324 e. The Hall–Kier alpha value is -0.960. The minimum Gasteiger partial charge on any atom is -0.230 e. The summed E-state index contributed by atoms with van der Waals surface area (Å²) in [6.45, 7) is 4.58. The van der Waals surface area contributed by atoms with Gasteiger partial charge in [-0.1, -0.05) is 187 Å². The first-order valence-corrected chi connectivity index (χ1v) is 18.8. The molecule has 0 saturated heterocycles. The van der Waals surface area contributed by atoms with Gasteiger partial charge in [0.15, 0.2) is 0 Å². The van der Waals surface area contributed by atoms with Gasteiger partial charge in [-0.3, -0.25) is 0 Å². The molecule has 3 heteroatoms. The van der Waals surface area contributed by atoms with Crippen molar-refractivity contribution in [3.05, 3.63) is 12.4 Å². The number of rotatable bonds is 31. The summed E-state index contributed by atoms with van der Waals surface area (Å²) in [5, 5.41) is 0. The first-order chi connectivity index (χ1) is 20.1. The van der Waals surface area contributed by atoms with Crippen LogP contribution in [-0.4, -0.2) is 23.3 Å². The molecule has 1 unspecified atom stereocenters.